The summed E-state index contributed by atoms with van der Waals surface area (Å²) in [6.07, 6.45) is 3.97. The molecule has 0 saturated heterocycles. The Morgan fingerprint density at radius 2 is 1.61 bits per heavy atom. The quantitative estimate of drug-likeness (QED) is 0.170. The molecule has 0 heterocycles. The summed E-state index contributed by atoms with van der Waals surface area (Å²) in [4.78, 5) is 38.4. The zero-order chi connectivity index (χ0) is 27.9. The van der Waals surface area contributed by atoms with Crippen LogP contribution in [-0.2, 0) is 14.3 Å². The van der Waals surface area contributed by atoms with E-state index in [0.29, 0.717) is 23.1 Å². The van der Waals surface area contributed by atoms with Crippen LogP contribution >= 0.6 is 0 Å². The Hall–Kier alpha value is -3.97. The van der Waals surface area contributed by atoms with Gasteiger partial charge >= 0.3 is 5.97 Å². The summed E-state index contributed by atoms with van der Waals surface area (Å²) >= 11 is 0. The van der Waals surface area contributed by atoms with Gasteiger partial charge in [-0.05, 0) is 74.0 Å². The van der Waals surface area contributed by atoms with Crippen molar-refractivity contribution in [2.45, 2.75) is 40.5 Å². The zero-order valence-corrected chi connectivity index (χ0v) is 22.3. The Kier molecular flexibility index (Phi) is 9.07. The Bertz CT molecular complexity index is 1340. The van der Waals surface area contributed by atoms with Gasteiger partial charge in [0.25, 0.3) is 0 Å². The number of benzene rings is 3. The first-order valence-corrected chi connectivity index (χ1v) is 12.6. The summed E-state index contributed by atoms with van der Waals surface area (Å²) in [5.74, 6) is -0.705. The number of nitrogens with one attached hydrogen (secondary N) is 1. The van der Waals surface area contributed by atoms with E-state index >= 15 is 0 Å². The average Bonchev–Trinajstić information content (AvgIpc) is 2.91. The number of anilines is 1. The van der Waals surface area contributed by atoms with Gasteiger partial charge in [0.05, 0.1) is 12.0 Å². The maximum absolute atomic E-state index is 13.2. The molecule has 1 unspecified atom stereocenters. The Morgan fingerprint density at radius 1 is 0.947 bits per heavy atom. The summed E-state index contributed by atoms with van der Waals surface area (Å²) in [6.45, 7) is 6.81. The Morgan fingerprint density at radius 3 is 2.24 bits per heavy atom. The SMILES string of the molecule is CCC(C)(CC(C)(C)C(=O)OCCO)C(=O)Nc1ccc(C(=O)/C=C/c2ccc(O)c3ccccc23)cc1. The van der Waals surface area contributed by atoms with Crippen LogP contribution in [0.4, 0.5) is 5.69 Å². The molecular formula is C31H35NO6. The highest BCUT2D eigenvalue weighted by molar-refractivity contribution is 6.08. The fraction of sp³-hybridized carbons (Fsp3) is 0.323. The van der Waals surface area contributed by atoms with Crippen molar-refractivity contribution in [3.05, 3.63) is 77.9 Å². The van der Waals surface area contributed by atoms with E-state index in [0.717, 1.165) is 10.9 Å². The third kappa shape index (κ3) is 6.66. The van der Waals surface area contributed by atoms with Crippen LogP contribution in [0.3, 0.4) is 0 Å². The van der Waals surface area contributed by atoms with Gasteiger partial charge in [-0.3, -0.25) is 14.4 Å². The summed E-state index contributed by atoms with van der Waals surface area (Å²) < 4.78 is 5.09. The monoisotopic (exact) mass is 517 g/mol. The molecule has 1 amide bonds. The van der Waals surface area contributed by atoms with Gasteiger partial charge in [-0.1, -0.05) is 50.3 Å². The van der Waals surface area contributed by atoms with Crippen molar-refractivity contribution >= 4 is 40.2 Å². The molecule has 3 aromatic rings. The standard InChI is InChI=1S/C31H35NO6/c1-5-31(4,20-30(2,3)29(37)38-19-18-33)28(36)32-23-14-10-22(11-15-23)26(34)16-12-21-13-17-27(35)25-9-7-6-8-24(21)25/h6-17,33,35H,5,18-20H2,1-4H3,(H,32,36)/b16-12+. The lowest BCUT2D eigenvalue weighted by atomic mass is 9.71. The smallest absolute Gasteiger partial charge is 0.311 e. The minimum absolute atomic E-state index is 0.0803. The number of ether oxygens (including phenoxy) is 1. The number of esters is 1. The van der Waals surface area contributed by atoms with Crippen LogP contribution in [0.25, 0.3) is 16.8 Å². The number of amides is 1. The Labute approximate surface area is 223 Å². The highest BCUT2D eigenvalue weighted by Crippen LogP contribution is 2.38. The second-order valence-corrected chi connectivity index (χ2v) is 10.3. The van der Waals surface area contributed by atoms with Crippen LogP contribution in [0, 0.1) is 10.8 Å². The first kappa shape index (κ1) is 28.6. The van der Waals surface area contributed by atoms with E-state index in [9.17, 15) is 19.5 Å². The van der Waals surface area contributed by atoms with Crippen LogP contribution in [0.5, 0.6) is 5.75 Å². The lowest BCUT2D eigenvalue weighted by Gasteiger charge is -2.34. The van der Waals surface area contributed by atoms with Gasteiger partial charge in [-0.25, -0.2) is 0 Å². The summed E-state index contributed by atoms with van der Waals surface area (Å²) in [6, 6.07) is 17.4. The number of aliphatic hydroxyl groups is 1. The third-order valence-corrected chi connectivity index (χ3v) is 6.81. The summed E-state index contributed by atoms with van der Waals surface area (Å²) in [7, 11) is 0. The van der Waals surface area contributed by atoms with Crippen molar-refractivity contribution in [1.82, 2.24) is 0 Å². The molecule has 0 aliphatic heterocycles. The number of aliphatic hydroxyl groups excluding tert-OH is 1. The predicted octanol–water partition coefficient (Wildman–Crippen LogP) is 5.75. The third-order valence-electron chi connectivity index (χ3n) is 6.81. The second-order valence-electron chi connectivity index (χ2n) is 10.3. The highest BCUT2D eigenvalue weighted by Gasteiger charge is 2.41. The highest BCUT2D eigenvalue weighted by atomic mass is 16.5. The maximum Gasteiger partial charge on any atom is 0.311 e. The van der Waals surface area contributed by atoms with Crippen molar-refractivity contribution in [1.29, 1.82) is 0 Å². The molecule has 0 fully saturated rings. The van der Waals surface area contributed by atoms with Crippen LogP contribution < -0.4 is 5.32 Å². The van der Waals surface area contributed by atoms with Crippen molar-refractivity contribution < 1.29 is 29.3 Å². The van der Waals surface area contributed by atoms with Crippen LogP contribution in [0.1, 0.15) is 56.5 Å². The molecule has 0 aromatic heterocycles. The number of hydrogen-bond acceptors (Lipinski definition) is 6. The zero-order valence-electron chi connectivity index (χ0n) is 22.3. The first-order chi connectivity index (χ1) is 18.0. The predicted molar refractivity (Wildman–Crippen MR) is 149 cm³/mol. The molecule has 0 aliphatic rings. The van der Waals surface area contributed by atoms with Gasteiger partial charge < -0.3 is 20.3 Å². The minimum atomic E-state index is -0.914. The molecule has 3 N–H and O–H groups in total. The van der Waals surface area contributed by atoms with E-state index < -0.39 is 16.8 Å². The maximum atomic E-state index is 13.2. The fourth-order valence-corrected chi connectivity index (χ4v) is 4.46. The molecule has 38 heavy (non-hydrogen) atoms. The molecule has 0 bridgehead atoms. The molecule has 3 aromatic carbocycles. The number of allylic oxidation sites excluding steroid dienone is 1. The number of phenolic OH excluding ortho intramolecular Hbond substituents is 1. The van der Waals surface area contributed by atoms with Crippen LogP contribution in [0.2, 0.25) is 0 Å². The number of phenols is 1. The lowest BCUT2D eigenvalue weighted by Crippen LogP contribution is -2.40. The largest absolute Gasteiger partial charge is 0.507 e. The van der Waals surface area contributed by atoms with Crippen molar-refractivity contribution in [3.8, 4) is 5.75 Å². The van der Waals surface area contributed by atoms with Gasteiger partial charge in [-0.2, -0.15) is 0 Å². The second kappa shape index (κ2) is 12.0. The van der Waals surface area contributed by atoms with E-state index in [4.69, 9.17) is 9.84 Å². The molecular weight excluding hydrogens is 482 g/mol. The molecule has 7 heteroatoms. The number of carbonyl (C=O) groups excluding carboxylic acids is 3. The lowest BCUT2D eigenvalue weighted by molar-refractivity contribution is -0.157. The average molecular weight is 518 g/mol. The van der Waals surface area contributed by atoms with E-state index in [1.165, 1.54) is 6.08 Å². The number of ketones is 1. The number of aromatic hydroxyl groups is 1. The van der Waals surface area contributed by atoms with E-state index in [1.54, 1.807) is 63.2 Å². The van der Waals surface area contributed by atoms with Gasteiger partial charge in [0.15, 0.2) is 5.78 Å². The van der Waals surface area contributed by atoms with Gasteiger partial charge in [0.2, 0.25) is 5.91 Å². The van der Waals surface area contributed by atoms with E-state index in [-0.39, 0.29) is 37.1 Å². The van der Waals surface area contributed by atoms with Crippen molar-refractivity contribution in [2.24, 2.45) is 10.8 Å². The van der Waals surface area contributed by atoms with Gasteiger partial charge in [0.1, 0.15) is 12.4 Å². The number of rotatable bonds is 11. The van der Waals surface area contributed by atoms with Crippen molar-refractivity contribution in [2.75, 3.05) is 18.5 Å². The molecule has 0 radical (unpaired) electrons. The Balaban J connectivity index is 1.69. The first-order valence-electron chi connectivity index (χ1n) is 12.6. The molecule has 1 atom stereocenters. The molecule has 0 spiro atoms. The minimum Gasteiger partial charge on any atom is -0.507 e. The summed E-state index contributed by atoms with van der Waals surface area (Å²) in [5.41, 5.74) is 0.0700. The molecule has 3 rings (SSSR count). The molecule has 0 saturated carbocycles. The van der Waals surface area contributed by atoms with Crippen LogP contribution in [-0.4, -0.2) is 41.1 Å². The van der Waals surface area contributed by atoms with E-state index in [1.807, 2.05) is 31.2 Å². The summed E-state index contributed by atoms with van der Waals surface area (Å²) in [5, 5.41) is 23.5. The fourth-order valence-electron chi connectivity index (χ4n) is 4.46. The molecule has 7 nitrogen and oxygen atoms in total. The number of fused-ring (bicyclic) bond motifs is 1. The molecule has 200 valence electrons. The van der Waals surface area contributed by atoms with Gasteiger partial charge in [-0.15, -0.1) is 0 Å². The number of carbonyl (C=O) groups is 3. The van der Waals surface area contributed by atoms with Crippen LogP contribution in [0.15, 0.2) is 66.7 Å². The number of hydrogen-bond donors (Lipinski definition) is 3. The van der Waals surface area contributed by atoms with Crippen molar-refractivity contribution in [3.63, 3.8) is 0 Å². The molecule has 0 aliphatic carbocycles. The topological polar surface area (TPSA) is 113 Å². The normalized spacial score (nSPS) is 13.3. The van der Waals surface area contributed by atoms with E-state index in [2.05, 4.69) is 5.32 Å². The van der Waals surface area contributed by atoms with Gasteiger partial charge in [0, 0.05) is 22.1 Å².